The van der Waals surface area contributed by atoms with Crippen LogP contribution in [-0.4, -0.2) is 52.2 Å². The highest BCUT2D eigenvalue weighted by Crippen LogP contribution is 2.37. The van der Waals surface area contributed by atoms with Gasteiger partial charge in [-0.2, -0.15) is 0 Å². The Morgan fingerprint density at radius 2 is 1.73 bits per heavy atom. The fourth-order valence-corrected chi connectivity index (χ4v) is 4.41. The standard InChI is InChI=1S/C24H24ClN5/c1-2-28-11-13-29(14-12-28)23-22-21(18-7-4-3-5-8-18)16-30(24(22)27-17-26-23)20-10-6-9-19(25)15-20/h3-10,15-17H,2,11-14H2,1H3. The molecule has 2 aromatic carbocycles. The number of benzene rings is 2. The van der Waals surface area contributed by atoms with Crippen LogP contribution in [0.15, 0.2) is 67.1 Å². The quantitative estimate of drug-likeness (QED) is 0.474. The molecule has 0 amide bonds. The van der Waals surface area contributed by atoms with Crippen molar-refractivity contribution in [2.24, 2.45) is 0 Å². The van der Waals surface area contributed by atoms with Crippen LogP contribution in [0, 0.1) is 0 Å². The lowest BCUT2D eigenvalue weighted by atomic mass is 10.1. The van der Waals surface area contributed by atoms with Crippen LogP contribution in [0.5, 0.6) is 0 Å². The zero-order valence-corrected chi connectivity index (χ0v) is 17.8. The van der Waals surface area contributed by atoms with Crippen LogP contribution in [0.2, 0.25) is 5.02 Å². The molecule has 3 heterocycles. The molecule has 2 aromatic heterocycles. The van der Waals surface area contributed by atoms with Crippen LogP contribution in [0.3, 0.4) is 0 Å². The summed E-state index contributed by atoms with van der Waals surface area (Å²) in [7, 11) is 0. The molecular formula is C24H24ClN5. The van der Waals surface area contributed by atoms with E-state index in [4.69, 9.17) is 21.6 Å². The summed E-state index contributed by atoms with van der Waals surface area (Å²) in [6.45, 7) is 7.35. The SMILES string of the molecule is CCN1CCN(c2ncnc3c2c(-c2ccccc2)cn3-c2cccc(Cl)c2)CC1. The molecule has 1 aliphatic rings. The Morgan fingerprint density at radius 1 is 0.933 bits per heavy atom. The molecular weight excluding hydrogens is 394 g/mol. The predicted octanol–water partition coefficient (Wildman–Crippen LogP) is 4.88. The van der Waals surface area contributed by atoms with E-state index in [0.29, 0.717) is 5.02 Å². The van der Waals surface area contributed by atoms with Gasteiger partial charge in [-0.1, -0.05) is 54.9 Å². The lowest BCUT2D eigenvalue weighted by Crippen LogP contribution is -2.46. The van der Waals surface area contributed by atoms with Crippen molar-refractivity contribution in [3.05, 3.63) is 72.1 Å². The molecule has 0 aliphatic carbocycles. The number of fused-ring (bicyclic) bond motifs is 1. The average molecular weight is 418 g/mol. The van der Waals surface area contributed by atoms with Gasteiger partial charge in [-0.15, -0.1) is 0 Å². The van der Waals surface area contributed by atoms with Gasteiger partial charge in [0.1, 0.15) is 12.1 Å². The zero-order chi connectivity index (χ0) is 20.5. The molecule has 0 spiro atoms. The van der Waals surface area contributed by atoms with Crippen molar-refractivity contribution >= 4 is 28.5 Å². The molecule has 0 radical (unpaired) electrons. The third kappa shape index (κ3) is 3.44. The number of halogens is 1. The van der Waals surface area contributed by atoms with Gasteiger partial charge in [0.2, 0.25) is 0 Å². The van der Waals surface area contributed by atoms with Gasteiger partial charge in [-0.25, -0.2) is 9.97 Å². The van der Waals surface area contributed by atoms with Gasteiger partial charge in [0, 0.05) is 48.6 Å². The predicted molar refractivity (Wildman–Crippen MR) is 124 cm³/mol. The Bertz CT molecular complexity index is 1160. The van der Waals surface area contributed by atoms with Gasteiger partial charge in [-0.05, 0) is 30.3 Å². The molecule has 0 atom stereocenters. The lowest BCUT2D eigenvalue weighted by molar-refractivity contribution is 0.271. The van der Waals surface area contributed by atoms with E-state index in [1.165, 1.54) is 0 Å². The maximum Gasteiger partial charge on any atom is 0.150 e. The molecule has 4 aromatic rings. The zero-order valence-electron chi connectivity index (χ0n) is 17.0. The highest BCUT2D eigenvalue weighted by Gasteiger charge is 2.23. The van der Waals surface area contributed by atoms with Gasteiger partial charge in [-0.3, -0.25) is 0 Å². The summed E-state index contributed by atoms with van der Waals surface area (Å²) in [5.74, 6) is 1.01. The van der Waals surface area contributed by atoms with Crippen molar-refractivity contribution in [2.75, 3.05) is 37.6 Å². The second-order valence-electron chi connectivity index (χ2n) is 7.58. The molecule has 5 nitrogen and oxygen atoms in total. The van der Waals surface area contributed by atoms with E-state index < -0.39 is 0 Å². The van der Waals surface area contributed by atoms with Gasteiger partial charge in [0.25, 0.3) is 0 Å². The molecule has 1 saturated heterocycles. The molecule has 0 bridgehead atoms. The van der Waals surface area contributed by atoms with Crippen LogP contribution in [0.25, 0.3) is 27.8 Å². The maximum atomic E-state index is 6.29. The number of piperazine rings is 1. The minimum Gasteiger partial charge on any atom is -0.353 e. The third-order valence-electron chi connectivity index (χ3n) is 5.85. The molecule has 5 rings (SSSR count). The van der Waals surface area contributed by atoms with Gasteiger partial charge in [0.15, 0.2) is 5.65 Å². The Morgan fingerprint density at radius 3 is 2.47 bits per heavy atom. The van der Waals surface area contributed by atoms with Crippen molar-refractivity contribution in [3.63, 3.8) is 0 Å². The van der Waals surface area contributed by atoms with Gasteiger partial charge in [0.05, 0.1) is 5.39 Å². The number of hydrogen-bond acceptors (Lipinski definition) is 4. The number of rotatable bonds is 4. The minimum absolute atomic E-state index is 0.709. The van der Waals surface area contributed by atoms with Crippen LogP contribution in [0.1, 0.15) is 6.92 Å². The van der Waals surface area contributed by atoms with Crippen molar-refractivity contribution in [1.29, 1.82) is 0 Å². The number of nitrogens with zero attached hydrogens (tertiary/aromatic N) is 5. The average Bonchev–Trinajstić information content (AvgIpc) is 3.20. The molecule has 1 fully saturated rings. The van der Waals surface area contributed by atoms with E-state index in [1.54, 1.807) is 6.33 Å². The highest BCUT2D eigenvalue weighted by molar-refractivity contribution is 6.30. The fraction of sp³-hybridized carbons (Fsp3) is 0.250. The Labute approximate surface area is 181 Å². The van der Waals surface area contributed by atoms with E-state index in [-0.39, 0.29) is 0 Å². The van der Waals surface area contributed by atoms with Gasteiger partial charge >= 0.3 is 0 Å². The van der Waals surface area contributed by atoms with Crippen molar-refractivity contribution in [3.8, 4) is 16.8 Å². The first kappa shape index (κ1) is 19.1. The summed E-state index contributed by atoms with van der Waals surface area (Å²) >= 11 is 6.29. The van der Waals surface area contributed by atoms with E-state index in [1.807, 2.05) is 24.3 Å². The fourth-order valence-electron chi connectivity index (χ4n) is 4.22. The summed E-state index contributed by atoms with van der Waals surface area (Å²) in [6.07, 6.45) is 3.84. The molecule has 0 N–H and O–H groups in total. The first-order valence-corrected chi connectivity index (χ1v) is 10.8. The first-order chi connectivity index (χ1) is 14.7. The molecule has 30 heavy (non-hydrogen) atoms. The number of likely N-dealkylation sites (N-methyl/N-ethyl adjacent to an activating group) is 1. The highest BCUT2D eigenvalue weighted by atomic mass is 35.5. The molecule has 152 valence electrons. The van der Waals surface area contributed by atoms with Crippen molar-refractivity contribution < 1.29 is 0 Å². The van der Waals surface area contributed by atoms with Gasteiger partial charge < -0.3 is 14.4 Å². The van der Waals surface area contributed by atoms with E-state index in [0.717, 1.165) is 66.4 Å². The second kappa shape index (κ2) is 8.09. The monoisotopic (exact) mass is 417 g/mol. The van der Waals surface area contributed by atoms with E-state index >= 15 is 0 Å². The Balaban J connectivity index is 1.71. The number of aromatic nitrogens is 3. The molecule has 1 aliphatic heterocycles. The normalized spacial score (nSPS) is 15.1. The smallest absolute Gasteiger partial charge is 0.150 e. The summed E-state index contributed by atoms with van der Waals surface area (Å²) in [6, 6.07) is 18.4. The Hall–Kier alpha value is -2.89. The summed E-state index contributed by atoms with van der Waals surface area (Å²) in [5, 5.41) is 1.80. The maximum absolute atomic E-state index is 6.29. The topological polar surface area (TPSA) is 37.2 Å². The van der Waals surface area contributed by atoms with Crippen LogP contribution in [-0.2, 0) is 0 Å². The summed E-state index contributed by atoms with van der Waals surface area (Å²) in [4.78, 5) is 14.3. The third-order valence-corrected chi connectivity index (χ3v) is 6.09. The molecule has 6 heteroatoms. The first-order valence-electron chi connectivity index (χ1n) is 10.4. The molecule has 0 saturated carbocycles. The van der Waals surface area contributed by atoms with Crippen LogP contribution >= 0.6 is 11.6 Å². The second-order valence-corrected chi connectivity index (χ2v) is 8.01. The van der Waals surface area contributed by atoms with Crippen LogP contribution < -0.4 is 4.90 Å². The van der Waals surface area contributed by atoms with E-state index in [9.17, 15) is 0 Å². The number of hydrogen-bond donors (Lipinski definition) is 0. The minimum atomic E-state index is 0.709. The van der Waals surface area contributed by atoms with Crippen LogP contribution in [0.4, 0.5) is 5.82 Å². The van der Waals surface area contributed by atoms with E-state index in [2.05, 4.69) is 57.8 Å². The lowest BCUT2D eigenvalue weighted by Gasteiger charge is -2.35. The number of anilines is 1. The van der Waals surface area contributed by atoms with Crippen molar-refractivity contribution in [1.82, 2.24) is 19.4 Å². The summed E-state index contributed by atoms with van der Waals surface area (Å²) < 4.78 is 2.12. The molecule has 0 unspecified atom stereocenters. The van der Waals surface area contributed by atoms with Crippen molar-refractivity contribution in [2.45, 2.75) is 6.92 Å². The Kier molecular flexibility index (Phi) is 5.15. The summed E-state index contributed by atoms with van der Waals surface area (Å²) in [5.41, 5.74) is 4.19. The largest absolute Gasteiger partial charge is 0.353 e.